The minimum Gasteiger partial charge on any atom is -0.444 e. The summed E-state index contributed by atoms with van der Waals surface area (Å²) in [4.78, 5) is 27.9. The fraction of sp³-hybridized carbons (Fsp3) is 0.333. The lowest BCUT2D eigenvalue weighted by Gasteiger charge is -2.34. The molecule has 1 amide bonds. The van der Waals surface area contributed by atoms with E-state index in [9.17, 15) is 13.2 Å². The Balaban J connectivity index is 1.31. The molecule has 12 heteroatoms. The number of hydrogen-bond acceptors (Lipinski definition) is 9. The molecule has 0 unspecified atom stereocenters. The number of anilines is 2. The van der Waals surface area contributed by atoms with E-state index < -0.39 is 15.6 Å². The maximum atomic E-state index is 12.9. The molecule has 2 aromatic carbocycles. The van der Waals surface area contributed by atoms with E-state index in [-0.39, 0.29) is 17.9 Å². The third-order valence-corrected chi connectivity index (χ3v) is 8.31. The number of nitrogens with one attached hydrogen (secondary N) is 2. The van der Waals surface area contributed by atoms with Crippen LogP contribution in [-0.2, 0) is 20.5 Å². The number of hydrogen-bond donors (Lipinski definition) is 2. The highest BCUT2D eigenvalue weighted by Gasteiger charge is 2.28. The average molecular weight is 631 g/mol. The van der Waals surface area contributed by atoms with Crippen LogP contribution in [0.5, 0.6) is 11.6 Å². The molecule has 11 nitrogen and oxygen atoms in total. The standard InChI is InChI=1S/C33H38N6O5S/c1-23-27(38-45(41,42)22-24-11-6-5-7-12-24)15-8-16-29(23)43-30-26(14-9-18-34-30)28-17-19-35-31(37-28)36-25-13-10-20-39(21-25)32(40)44-33(2,3)4/h5-9,11-12,14-19,25,38H,10,13,20-22H2,1-4H3,(H,35,36,37)/t25-/m0/s1. The highest BCUT2D eigenvalue weighted by atomic mass is 32.2. The van der Waals surface area contributed by atoms with Gasteiger partial charge in [0.25, 0.3) is 0 Å². The summed E-state index contributed by atoms with van der Waals surface area (Å²) in [6, 6.07) is 19.6. The Hall–Kier alpha value is -4.71. The summed E-state index contributed by atoms with van der Waals surface area (Å²) in [5.41, 5.74) is 2.39. The Morgan fingerprint density at radius 1 is 1.00 bits per heavy atom. The van der Waals surface area contributed by atoms with Gasteiger partial charge in [0.2, 0.25) is 21.9 Å². The van der Waals surface area contributed by atoms with Crippen molar-refractivity contribution in [1.82, 2.24) is 19.9 Å². The van der Waals surface area contributed by atoms with Crippen LogP contribution >= 0.6 is 0 Å². The molecule has 0 saturated carbocycles. The van der Waals surface area contributed by atoms with Crippen LogP contribution in [0.1, 0.15) is 44.7 Å². The van der Waals surface area contributed by atoms with Crippen LogP contribution in [0.4, 0.5) is 16.4 Å². The van der Waals surface area contributed by atoms with Crippen LogP contribution < -0.4 is 14.8 Å². The lowest BCUT2D eigenvalue weighted by molar-refractivity contribution is 0.0206. The van der Waals surface area contributed by atoms with Crippen molar-refractivity contribution in [2.45, 2.75) is 57.9 Å². The van der Waals surface area contributed by atoms with Gasteiger partial charge in [-0.05, 0) is 76.4 Å². The predicted molar refractivity (Wildman–Crippen MR) is 174 cm³/mol. The minimum absolute atomic E-state index is 0.0396. The quantitative estimate of drug-likeness (QED) is 0.216. The molecule has 1 atom stereocenters. The molecule has 236 valence electrons. The van der Waals surface area contributed by atoms with Gasteiger partial charge in [-0.2, -0.15) is 0 Å². The van der Waals surface area contributed by atoms with Crippen molar-refractivity contribution in [1.29, 1.82) is 0 Å². The molecule has 1 aliphatic rings. The number of benzene rings is 2. The predicted octanol–water partition coefficient (Wildman–Crippen LogP) is 6.39. The molecular weight excluding hydrogens is 592 g/mol. The van der Waals surface area contributed by atoms with Crippen LogP contribution in [-0.4, -0.2) is 59.1 Å². The Morgan fingerprint density at radius 2 is 1.80 bits per heavy atom. The maximum absolute atomic E-state index is 12.9. The van der Waals surface area contributed by atoms with Crippen molar-refractivity contribution in [3.63, 3.8) is 0 Å². The number of sulfonamides is 1. The first-order chi connectivity index (χ1) is 21.5. The number of rotatable bonds is 9. The minimum atomic E-state index is -3.66. The molecule has 0 aliphatic carbocycles. The van der Waals surface area contributed by atoms with E-state index >= 15 is 0 Å². The Morgan fingerprint density at radius 3 is 2.58 bits per heavy atom. The molecule has 1 saturated heterocycles. The number of amides is 1. The number of nitrogens with zero attached hydrogens (tertiary/aromatic N) is 4. The summed E-state index contributed by atoms with van der Waals surface area (Å²) in [6.07, 6.45) is 4.64. The SMILES string of the molecule is Cc1c(NS(=O)(=O)Cc2ccccc2)cccc1Oc1ncccc1-c1ccnc(N[C@H]2CCCN(C(=O)OC(C)(C)C)C2)n1. The molecule has 3 heterocycles. The van der Waals surface area contributed by atoms with Crippen molar-refractivity contribution in [3.05, 3.63) is 90.3 Å². The van der Waals surface area contributed by atoms with Gasteiger partial charge in [0.1, 0.15) is 11.4 Å². The lowest BCUT2D eigenvalue weighted by Crippen LogP contribution is -2.47. The molecule has 5 rings (SSSR count). The van der Waals surface area contributed by atoms with Crippen LogP contribution in [0.3, 0.4) is 0 Å². The van der Waals surface area contributed by atoms with E-state index in [1.54, 1.807) is 66.7 Å². The normalized spacial score (nSPS) is 15.3. The zero-order valence-electron chi connectivity index (χ0n) is 25.9. The van der Waals surface area contributed by atoms with Gasteiger partial charge in [-0.15, -0.1) is 0 Å². The topological polar surface area (TPSA) is 136 Å². The first kappa shape index (κ1) is 31.7. The Labute approximate surface area is 264 Å². The molecular formula is C33H38N6O5S. The smallest absolute Gasteiger partial charge is 0.410 e. The van der Waals surface area contributed by atoms with Crippen LogP contribution in [0, 0.1) is 6.92 Å². The Bertz CT molecular complexity index is 1740. The highest BCUT2D eigenvalue weighted by Crippen LogP contribution is 2.34. The van der Waals surface area contributed by atoms with Gasteiger partial charge in [0, 0.05) is 37.1 Å². The van der Waals surface area contributed by atoms with Gasteiger partial charge in [-0.3, -0.25) is 4.72 Å². The van der Waals surface area contributed by atoms with Gasteiger partial charge in [-0.25, -0.2) is 28.2 Å². The van der Waals surface area contributed by atoms with E-state index in [4.69, 9.17) is 14.5 Å². The second-order valence-electron chi connectivity index (χ2n) is 11.9. The molecule has 0 bridgehead atoms. The second kappa shape index (κ2) is 13.5. The molecule has 4 aromatic rings. The Kier molecular flexibility index (Phi) is 9.52. The summed E-state index contributed by atoms with van der Waals surface area (Å²) < 4.78 is 40.3. The second-order valence-corrected chi connectivity index (χ2v) is 13.6. The average Bonchev–Trinajstić information content (AvgIpc) is 2.99. The molecule has 2 N–H and O–H groups in total. The molecule has 1 fully saturated rings. The van der Waals surface area contributed by atoms with E-state index in [1.165, 1.54) is 0 Å². The van der Waals surface area contributed by atoms with Gasteiger partial charge in [0.15, 0.2) is 0 Å². The van der Waals surface area contributed by atoms with Gasteiger partial charge in [-0.1, -0.05) is 36.4 Å². The lowest BCUT2D eigenvalue weighted by atomic mass is 10.1. The molecule has 0 radical (unpaired) electrons. The monoisotopic (exact) mass is 630 g/mol. The number of likely N-dealkylation sites (tertiary alicyclic amines) is 1. The zero-order valence-corrected chi connectivity index (χ0v) is 26.7. The van der Waals surface area contributed by atoms with E-state index in [0.717, 1.165) is 12.8 Å². The van der Waals surface area contributed by atoms with Crippen LogP contribution in [0.25, 0.3) is 11.3 Å². The van der Waals surface area contributed by atoms with Crippen molar-refractivity contribution in [3.8, 4) is 22.9 Å². The third-order valence-electron chi connectivity index (χ3n) is 7.06. The van der Waals surface area contributed by atoms with Crippen LogP contribution in [0.2, 0.25) is 0 Å². The van der Waals surface area contributed by atoms with E-state index in [0.29, 0.717) is 58.7 Å². The highest BCUT2D eigenvalue weighted by molar-refractivity contribution is 7.91. The number of piperidine rings is 1. The largest absolute Gasteiger partial charge is 0.444 e. The molecule has 2 aromatic heterocycles. The number of carbonyl (C=O) groups is 1. The fourth-order valence-electron chi connectivity index (χ4n) is 4.95. The number of ether oxygens (including phenoxy) is 2. The van der Waals surface area contributed by atoms with Crippen molar-refractivity contribution >= 4 is 27.8 Å². The van der Waals surface area contributed by atoms with Crippen molar-refractivity contribution < 1.29 is 22.7 Å². The maximum Gasteiger partial charge on any atom is 0.410 e. The van der Waals surface area contributed by atoms with Crippen molar-refractivity contribution in [2.24, 2.45) is 0 Å². The first-order valence-electron chi connectivity index (χ1n) is 14.8. The fourth-order valence-corrected chi connectivity index (χ4v) is 6.21. The third kappa shape index (κ3) is 8.69. The zero-order chi connectivity index (χ0) is 32.0. The van der Waals surface area contributed by atoms with Gasteiger partial charge >= 0.3 is 6.09 Å². The van der Waals surface area contributed by atoms with Crippen molar-refractivity contribution in [2.75, 3.05) is 23.1 Å². The molecule has 1 aliphatic heterocycles. The van der Waals surface area contributed by atoms with Crippen LogP contribution in [0.15, 0.2) is 79.1 Å². The molecule has 0 spiro atoms. The number of carbonyl (C=O) groups excluding carboxylic acids is 1. The summed E-state index contributed by atoms with van der Waals surface area (Å²) in [5.74, 6) is 1.03. The molecule has 45 heavy (non-hydrogen) atoms. The number of pyridine rings is 1. The van der Waals surface area contributed by atoms with Gasteiger partial charge < -0.3 is 19.7 Å². The summed E-state index contributed by atoms with van der Waals surface area (Å²) >= 11 is 0. The summed E-state index contributed by atoms with van der Waals surface area (Å²) in [6.45, 7) is 8.47. The van der Waals surface area contributed by atoms with E-state index in [1.807, 2.05) is 45.0 Å². The summed E-state index contributed by atoms with van der Waals surface area (Å²) in [5, 5.41) is 3.37. The van der Waals surface area contributed by atoms with E-state index in [2.05, 4.69) is 20.0 Å². The number of aromatic nitrogens is 3. The first-order valence-corrected chi connectivity index (χ1v) is 16.5. The summed E-state index contributed by atoms with van der Waals surface area (Å²) in [7, 11) is -3.66. The van der Waals surface area contributed by atoms with Gasteiger partial charge in [0.05, 0.1) is 22.7 Å².